The summed E-state index contributed by atoms with van der Waals surface area (Å²) in [6.45, 7) is 7.98. The molecule has 0 aromatic carbocycles. The molecule has 3 heteroatoms. The van der Waals surface area contributed by atoms with E-state index in [0.717, 1.165) is 18.8 Å². The summed E-state index contributed by atoms with van der Waals surface area (Å²) in [4.78, 5) is 11.7. The zero-order valence-electron chi connectivity index (χ0n) is 12.2. The summed E-state index contributed by atoms with van der Waals surface area (Å²) in [7, 11) is 0. The van der Waals surface area contributed by atoms with Crippen molar-refractivity contribution in [3.8, 4) is 0 Å². The number of fused-ring (bicyclic) bond motifs is 1. The third-order valence-corrected chi connectivity index (χ3v) is 4.39. The lowest BCUT2D eigenvalue weighted by Crippen LogP contribution is -2.41. The van der Waals surface area contributed by atoms with Crippen LogP contribution in [0.15, 0.2) is 0 Å². The minimum absolute atomic E-state index is 0.254. The predicted molar refractivity (Wildman–Crippen MR) is 72.5 cm³/mol. The fraction of sp³-hybridized carbons (Fsp3) is 0.933. The van der Waals surface area contributed by atoms with Gasteiger partial charge in [-0.25, -0.2) is 4.79 Å². The second-order valence-corrected chi connectivity index (χ2v) is 7.13. The molecule has 2 saturated carbocycles. The van der Waals surface area contributed by atoms with Gasteiger partial charge in [0.05, 0.1) is 0 Å². The lowest BCUT2D eigenvalue weighted by molar-refractivity contribution is 0.0485. The van der Waals surface area contributed by atoms with Crippen molar-refractivity contribution in [1.29, 1.82) is 0 Å². The van der Waals surface area contributed by atoms with Crippen LogP contribution < -0.4 is 5.32 Å². The van der Waals surface area contributed by atoms with Crippen LogP contribution in [0.3, 0.4) is 0 Å². The van der Waals surface area contributed by atoms with E-state index in [1.807, 2.05) is 20.8 Å². The Kier molecular flexibility index (Phi) is 3.61. The molecular formula is C15H27NO2. The number of ether oxygens (including phenoxy) is 1. The van der Waals surface area contributed by atoms with E-state index in [1.165, 1.54) is 25.7 Å². The second-order valence-electron chi connectivity index (χ2n) is 7.13. The van der Waals surface area contributed by atoms with E-state index in [9.17, 15) is 4.79 Å². The summed E-state index contributed by atoms with van der Waals surface area (Å²) in [5.74, 6) is 0.853. The first-order valence-corrected chi connectivity index (χ1v) is 7.34. The molecule has 0 aromatic rings. The first-order chi connectivity index (χ1) is 8.35. The quantitative estimate of drug-likeness (QED) is 0.829. The Morgan fingerprint density at radius 1 is 1.44 bits per heavy atom. The molecule has 2 fully saturated rings. The van der Waals surface area contributed by atoms with E-state index in [1.54, 1.807) is 0 Å². The SMILES string of the molecule is CCC[C@@]12CC[C@H](NC(=O)OC(C)(C)C)C[C@@H]1C2. The van der Waals surface area contributed by atoms with Crippen LogP contribution >= 0.6 is 0 Å². The van der Waals surface area contributed by atoms with E-state index in [-0.39, 0.29) is 6.09 Å². The minimum Gasteiger partial charge on any atom is -0.444 e. The highest BCUT2D eigenvalue weighted by Gasteiger charge is 2.55. The number of rotatable bonds is 3. The lowest BCUT2D eigenvalue weighted by atomic mass is 9.83. The number of amides is 1. The van der Waals surface area contributed by atoms with Gasteiger partial charge in [0.1, 0.15) is 5.60 Å². The zero-order chi connectivity index (χ0) is 13.4. The molecule has 3 nitrogen and oxygen atoms in total. The summed E-state index contributed by atoms with van der Waals surface area (Å²) in [6.07, 6.45) is 7.35. The van der Waals surface area contributed by atoms with Gasteiger partial charge in [0.25, 0.3) is 0 Å². The topological polar surface area (TPSA) is 38.3 Å². The molecule has 0 unspecified atom stereocenters. The first-order valence-electron chi connectivity index (χ1n) is 7.34. The predicted octanol–water partition coefficient (Wildman–Crippen LogP) is 3.87. The molecule has 0 spiro atoms. The summed E-state index contributed by atoms with van der Waals surface area (Å²) in [6, 6.07) is 0.331. The van der Waals surface area contributed by atoms with Gasteiger partial charge < -0.3 is 10.1 Å². The first kappa shape index (κ1) is 13.7. The van der Waals surface area contributed by atoms with E-state index in [0.29, 0.717) is 11.5 Å². The number of hydrogen-bond donors (Lipinski definition) is 1. The van der Waals surface area contributed by atoms with Crippen molar-refractivity contribution in [2.75, 3.05) is 0 Å². The van der Waals surface area contributed by atoms with Crippen molar-refractivity contribution in [2.24, 2.45) is 11.3 Å². The average Bonchev–Trinajstić information content (AvgIpc) is 2.88. The molecule has 0 heterocycles. The fourth-order valence-corrected chi connectivity index (χ4v) is 3.53. The maximum atomic E-state index is 11.7. The van der Waals surface area contributed by atoms with Gasteiger partial charge in [-0.1, -0.05) is 13.3 Å². The average molecular weight is 253 g/mol. The Morgan fingerprint density at radius 3 is 2.72 bits per heavy atom. The van der Waals surface area contributed by atoms with Crippen molar-refractivity contribution >= 4 is 6.09 Å². The van der Waals surface area contributed by atoms with Crippen LogP contribution in [0.5, 0.6) is 0 Å². The summed E-state index contributed by atoms with van der Waals surface area (Å²) >= 11 is 0. The summed E-state index contributed by atoms with van der Waals surface area (Å²) < 4.78 is 5.31. The van der Waals surface area contributed by atoms with Crippen molar-refractivity contribution in [3.63, 3.8) is 0 Å². The normalized spacial score (nSPS) is 34.7. The van der Waals surface area contributed by atoms with Crippen LogP contribution in [-0.4, -0.2) is 17.7 Å². The van der Waals surface area contributed by atoms with E-state index >= 15 is 0 Å². The molecule has 2 aliphatic carbocycles. The molecule has 0 radical (unpaired) electrons. The molecule has 0 saturated heterocycles. The highest BCUT2D eigenvalue weighted by atomic mass is 16.6. The molecular weight excluding hydrogens is 226 g/mol. The third kappa shape index (κ3) is 3.18. The largest absolute Gasteiger partial charge is 0.444 e. The van der Waals surface area contributed by atoms with Crippen LogP contribution in [-0.2, 0) is 4.74 Å². The van der Waals surface area contributed by atoms with Gasteiger partial charge in [0.15, 0.2) is 0 Å². The summed E-state index contributed by atoms with van der Waals surface area (Å²) in [5, 5.41) is 3.03. The van der Waals surface area contributed by atoms with Crippen LogP contribution in [0, 0.1) is 11.3 Å². The number of nitrogens with one attached hydrogen (secondary N) is 1. The van der Waals surface area contributed by atoms with Crippen LogP contribution in [0.2, 0.25) is 0 Å². The third-order valence-electron chi connectivity index (χ3n) is 4.39. The molecule has 104 valence electrons. The van der Waals surface area contributed by atoms with Crippen LogP contribution in [0.4, 0.5) is 4.79 Å². The van der Waals surface area contributed by atoms with Crippen LogP contribution in [0.1, 0.15) is 66.2 Å². The lowest BCUT2D eigenvalue weighted by Gasteiger charge is -2.29. The van der Waals surface area contributed by atoms with Gasteiger partial charge >= 0.3 is 6.09 Å². The van der Waals surface area contributed by atoms with Gasteiger partial charge in [0, 0.05) is 6.04 Å². The number of carbonyl (C=O) groups excluding carboxylic acids is 1. The smallest absolute Gasteiger partial charge is 0.407 e. The Balaban J connectivity index is 1.76. The van der Waals surface area contributed by atoms with Crippen molar-refractivity contribution in [3.05, 3.63) is 0 Å². The van der Waals surface area contributed by atoms with Gasteiger partial charge in [-0.15, -0.1) is 0 Å². The van der Waals surface area contributed by atoms with Gasteiger partial charge in [-0.05, 0) is 64.2 Å². The minimum atomic E-state index is -0.399. The molecule has 1 N–H and O–H groups in total. The fourth-order valence-electron chi connectivity index (χ4n) is 3.53. The Hall–Kier alpha value is -0.730. The maximum Gasteiger partial charge on any atom is 0.407 e. The summed E-state index contributed by atoms with van der Waals surface area (Å²) in [5.41, 5.74) is 0.255. The Labute approximate surface area is 111 Å². The molecule has 2 rings (SSSR count). The van der Waals surface area contributed by atoms with Gasteiger partial charge in [-0.2, -0.15) is 0 Å². The van der Waals surface area contributed by atoms with Crippen LogP contribution in [0.25, 0.3) is 0 Å². The number of alkyl carbamates (subject to hydrolysis) is 1. The van der Waals surface area contributed by atoms with Crippen molar-refractivity contribution < 1.29 is 9.53 Å². The molecule has 1 amide bonds. The van der Waals surface area contributed by atoms with E-state index < -0.39 is 5.60 Å². The molecule has 0 aromatic heterocycles. The molecule has 18 heavy (non-hydrogen) atoms. The number of hydrogen-bond acceptors (Lipinski definition) is 2. The van der Waals surface area contributed by atoms with E-state index in [2.05, 4.69) is 12.2 Å². The Morgan fingerprint density at radius 2 is 2.17 bits per heavy atom. The van der Waals surface area contributed by atoms with Gasteiger partial charge in [-0.3, -0.25) is 0 Å². The maximum absolute atomic E-state index is 11.7. The highest BCUT2D eigenvalue weighted by Crippen LogP contribution is 2.63. The molecule has 0 aliphatic heterocycles. The number of carbonyl (C=O) groups is 1. The molecule has 0 bridgehead atoms. The second kappa shape index (κ2) is 4.75. The van der Waals surface area contributed by atoms with E-state index in [4.69, 9.17) is 4.74 Å². The standard InChI is InChI=1S/C15H27NO2/c1-5-7-15-8-6-12(9-11(15)10-15)16-13(17)18-14(2,3)4/h11-12H,5-10H2,1-4H3,(H,16,17)/t11-,12+,15+/m1/s1. The highest BCUT2D eigenvalue weighted by molar-refractivity contribution is 5.68. The van der Waals surface area contributed by atoms with Crippen molar-refractivity contribution in [2.45, 2.75) is 77.9 Å². The zero-order valence-corrected chi connectivity index (χ0v) is 12.2. The monoisotopic (exact) mass is 253 g/mol. The van der Waals surface area contributed by atoms with Gasteiger partial charge in [0.2, 0.25) is 0 Å². The van der Waals surface area contributed by atoms with Crippen molar-refractivity contribution in [1.82, 2.24) is 5.32 Å². The molecule has 3 atom stereocenters. The Bertz CT molecular complexity index is 321. The molecule has 2 aliphatic rings.